The molecule has 0 aromatic rings. The summed E-state index contributed by atoms with van der Waals surface area (Å²) in [6.45, 7) is 0.889. The van der Waals surface area contributed by atoms with E-state index in [4.69, 9.17) is 15.9 Å². The van der Waals surface area contributed by atoms with E-state index >= 15 is 0 Å². The molecule has 3 nitrogen and oxygen atoms in total. The van der Waals surface area contributed by atoms with Crippen molar-refractivity contribution in [3.63, 3.8) is 0 Å². The first-order valence-electron chi connectivity index (χ1n) is 2.09. The van der Waals surface area contributed by atoms with Crippen molar-refractivity contribution >= 4 is 0 Å². The standard InChI is InChI=1S/C4H10NO2/c1-4(5,2-6)3-7/h5-7H,2-3H2,1H3. The van der Waals surface area contributed by atoms with E-state index in [-0.39, 0.29) is 13.2 Å². The molecule has 0 saturated carbocycles. The first-order chi connectivity index (χ1) is 3.12. The molecule has 0 aliphatic rings. The van der Waals surface area contributed by atoms with E-state index in [2.05, 4.69) is 0 Å². The fourth-order valence-electron chi connectivity index (χ4n) is 0.0500. The van der Waals surface area contributed by atoms with E-state index in [0.717, 1.165) is 0 Å². The van der Waals surface area contributed by atoms with Crippen molar-refractivity contribution in [2.75, 3.05) is 13.2 Å². The Morgan fingerprint density at radius 1 is 1.43 bits per heavy atom. The van der Waals surface area contributed by atoms with Crippen molar-refractivity contribution in [2.24, 2.45) is 0 Å². The highest BCUT2D eigenvalue weighted by Crippen LogP contribution is 1.94. The third-order valence-corrected chi connectivity index (χ3v) is 0.698. The average Bonchev–Trinajstić information content (AvgIpc) is 1.68. The van der Waals surface area contributed by atoms with Crippen LogP contribution < -0.4 is 5.73 Å². The van der Waals surface area contributed by atoms with Crippen molar-refractivity contribution < 1.29 is 10.2 Å². The van der Waals surface area contributed by atoms with Crippen LogP contribution in [0.25, 0.3) is 0 Å². The maximum Gasteiger partial charge on any atom is 0.0756 e. The zero-order chi connectivity index (χ0) is 5.91. The van der Waals surface area contributed by atoms with Gasteiger partial charge in [0.25, 0.3) is 0 Å². The van der Waals surface area contributed by atoms with Crippen LogP contribution in [-0.2, 0) is 0 Å². The first-order valence-corrected chi connectivity index (χ1v) is 2.09. The third-order valence-electron chi connectivity index (χ3n) is 0.698. The third kappa shape index (κ3) is 2.56. The molecule has 0 aromatic heterocycles. The predicted molar refractivity (Wildman–Crippen MR) is 25.7 cm³/mol. The van der Waals surface area contributed by atoms with E-state index in [1.807, 2.05) is 0 Å². The molecule has 3 N–H and O–H groups in total. The largest absolute Gasteiger partial charge is 0.394 e. The molecule has 7 heavy (non-hydrogen) atoms. The van der Waals surface area contributed by atoms with Crippen molar-refractivity contribution in [3.05, 3.63) is 0 Å². The molecule has 0 aliphatic heterocycles. The maximum absolute atomic E-state index is 8.25. The Hall–Kier alpha value is -0.120. The summed E-state index contributed by atoms with van der Waals surface area (Å²) in [5.74, 6) is 0. The number of aliphatic hydroxyl groups excluding tert-OH is 2. The van der Waals surface area contributed by atoms with E-state index in [9.17, 15) is 0 Å². The van der Waals surface area contributed by atoms with Crippen LogP contribution in [-0.4, -0.2) is 29.0 Å². The Balaban J connectivity index is 3.36. The molecule has 3 heteroatoms. The summed E-state index contributed by atoms with van der Waals surface area (Å²) in [7, 11) is 0. The molecule has 43 valence electrons. The van der Waals surface area contributed by atoms with Gasteiger partial charge in [-0.1, -0.05) is 0 Å². The lowest BCUT2D eigenvalue weighted by molar-refractivity contribution is 0.129. The molecule has 0 fully saturated rings. The highest BCUT2D eigenvalue weighted by molar-refractivity contribution is 4.73. The number of hydrogen-bond donors (Lipinski definition) is 2. The highest BCUT2D eigenvalue weighted by atomic mass is 16.3. The van der Waals surface area contributed by atoms with Crippen LogP contribution in [0, 0.1) is 0 Å². The lowest BCUT2D eigenvalue weighted by Crippen LogP contribution is -2.35. The minimum absolute atomic E-state index is 0.288. The van der Waals surface area contributed by atoms with Gasteiger partial charge in [-0.05, 0) is 6.92 Å². The lowest BCUT2D eigenvalue weighted by atomic mass is 10.1. The van der Waals surface area contributed by atoms with Gasteiger partial charge in [0.1, 0.15) is 0 Å². The zero-order valence-corrected chi connectivity index (χ0v) is 4.31. The molecule has 0 bridgehead atoms. The van der Waals surface area contributed by atoms with Gasteiger partial charge in [-0.15, -0.1) is 0 Å². The van der Waals surface area contributed by atoms with Gasteiger partial charge in [-0.2, -0.15) is 0 Å². The normalized spacial score (nSPS) is 12.0. The van der Waals surface area contributed by atoms with E-state index in [1.165, 1.54) is 6.92 Å². The van der Waals surface area contributed by atoms with Crippen LogP contribution in [0.3, 0.4) is 0 Å². The molecular formula is C4H10NO2. The Morgan fingerprint density at radius 2 is 1.71 bits per heavy atom. The lowest BCUT2D eigenvalue weighted by Gasteiger charge is -2.14. The summed E-state index contributed by atoms with van der Waals surface area (Å²) in [5.41, 5.74) is 5.87. The topological polar surface area (TPSA) is 64.3 Å². The Bertz CT molecular complexity index is 47.7. The summed E-state index contributed by atoms with van der Waals surface area (Å²) in [6.07, 6.45) is 0. The summed E-state index contributed by atoms with van der Waals surface area (Å²) >= 11 is 0. The Kier molecular flexibility index (Phi) is 2.22. The molecule has 0 unspecified atom stereocenters. The fourth-order valence-corrected chi connectivity index (χ4v) is 0.0500. The Morgan fingerprint density at radius 3 is 1.71 bits per heavy atom. The van der Waals surface area contributed by atoms with Crippen molar-refractivity contribution in [2.45, 2.75) is 12.5 Å². The highest BCUT2D eigenvalue weighted by Gasteiger charge is 2.14. The van der Waals surface area contributed by atoms with Crippen LogP contribution >= 0.6 is 0 Å². The number of aliphatic hydroxyl groups is 2. The predicted octanol–water partition coefficient (Wildman–Crippen LogP) is -0.987. The minimum Gasteiger partial charge on any atom is -0.394 e. The van der Waals surface area contributed by atoms with Crippen molar-refractivity contribution in [1.82, 2.24) is 5.73 Å². The maximum atomic E-state index is 8.25. The molecule has 0 rings (SSSR count). The summed E-state index contributed by atoms with van der Waals surface area (Å²) in [5, 5.41) is 16.5. The SMILES string of the molecule is CC([NH])(CO)CO. The van der Waals surface area contributed by atoms with Gasteiger partial charge in [0.2, 0.25) is 0 Å². The molecule has 0 heterocycles. The zero-order valence-electron chi connectivity index (χ0n) is 4.31. The van der Waals surface area contributed by atoms with Crippen LogP contribution in [0.4, 0.5) is 0 Å². The number of hydrogen-bond acceptors (Lipinski definition) is 2. The number of rotatable bonds is 2. The van der Waals surface area contributed by atoms with E-state index in [0.29, 0.717) is 0 Å². The van der Waals surface area contributed by atoms with Crippen LogP contribution in [0.5, 0.6) is 0 Å². The molecular weight excluding hydrogens is 94.0 g/mol. The van der Waals surface area contributed by atoms with E-state index < -0.39 is 5.54 Å². The summed E-state index contributed by atoms with van der Waals surface area (Å²) in [6, 6.07) is 0. The van der Waals surface area contributed by atoms with E-state index in [1.54, 1.807) is 0 Å². The molecule has 0 spiro atoms. The number of nitrogens with one attached hydrogen (secondary N) is 1. The summed E-state index contributed by atoms with van der Waals surface area (Å²) < 4.78 is 0. The van der Waals surface area contributed by atoms with Gasteiger partial charge >= 0.3 is 0 Å². The molecule has 0 saturated heterocycles. The van der Waals surface area contributed by atoms with Crippen molar-refractivity contribution in [3.8, 4) is 0 Å². The molecule has 0 aliphatic carbocycles. The molecule has 1 radical (unpaired) electrons. The van der Waals surface area contributed by atoms with Gasteiger partial charge in [0.05, 0.1) is 18.8 Å². The van der Waals surface area contributed by atoms with Gasteiger partial charge in [0, 0.05) is 0 Å². The molecule has 0 amide bonds. The first kappa shape index (κ1) is 6.88. The second-order valence-corrected chi connectivity index (χ2v) is 1.88. The monoisotopic (exact) mass is 104 g/mol. The smallest absolute Gasteiger partial charge is 0.0756 e. The average molecular weight is 104 g/mol. The molecule has 0 atom stereocenters. The molecule has 0 aromatic carbocycles. The van der Waals surface area contributed by atoms with Crippen molar-refractivity contribution in [1.29, 1.82) is 0 Å². The van der Waals surface area contributed by atoms with Crippen LogP contribution in [0.15, 0.2) is 0 Å². The van der Waals surface area contributed by atoms with Gasteiger partial charge in [0.15, 0.2) is 0 Å². The van der Waals surface area contributed by atoms with Gasteiger partial charge in [-0.3, -0.25) is 0 Å². The van der Waals surface area contributed by atoms with Gasteiger partial charge in [-0.25, -0.2) is 5.73 Å². The summed E-state index contributed by atoms with van der Waals surface area (Å²) in [4.78, 5) is 0. The van der Waals surface area contributed by atoms with Gasteiger partial charge < -0.3 is 10.2 Å². The second kappa shape index (κ2) is 2.26. The Labute approximate surface area is 42.8 Å². The van der Waals surface area contributed by atoms with Crippen LogP contribution in [0.2, 0.25) is 0 Å². The quantitative estimate of drug-likeness (QED) is 0.472. The van der Waals surface area contributed by atoms with Crippen LogP contribution in [0.1, 0.15) is 6.92 Å². The fraction of sp³-hybridized carbons (Fsp3) is 1.00. The second-order valence-electron chi connectivity index (χ2n) is 1.88. The minimum atomic E-state index is -1.06.